The standard InChI is InChI=1S/C26H30ClN7O3/c1-15-21(11-29-33(15)3)23(30-16(2)35)14-34-13-18-5-4-17(10-20(18)25(34)36)24-22(27)12-28-26(32-24)31-19-6-8-37-9-7-19/h4-5,10-12,19,23H,6-9,13-14H2,1-3H3,(H,30,35)(H,28,31,32). The number of rotatable bonds is 7. The Morgan fingerprint density at radius 3 is 2.76 bits per heavy atom. The van der Waals surface area contributed by atoms with Gasteiger partial charge in [-0.3, -0.25) is 14.3 Å². The number of hydrogen-bond donors (Lipinski definition) is 2. The summed E-state index contributed by atoms with van der Waals surface area (Å²) < 4.78 is 7.18. The number of hydrogen-bond acceptors (Lipinski definition) is 7. The molecule has 2 amide bonds. The highest BCUT2D eigenvalue weighted by Gasteiger charge is 2.31. The van der Waals surface area contributed by atoms with Crippen LogP contribution in [0.2, 0.25) is 5.02 Å². The molecule has 0 aliphatic carbocycles. The van der Waals surface area contributed by atoms with E-state index in [1.54, 1.807) is 22.0 Å². The summed E-state index contributed by atoms with van der Waals surface area (Å²) in [5.41, 5.74) is 4.67. The van der Waals surface area contributed by atoms with Crippen molar-refractivity contribution < 1.29 is 14.3 Å². The number of ether oxygens (including phenoxy) is 1. The zero-order chi connectivity index (χ0) is 26.1. The van der Waals surface area contributed by atoms with Crippen LogP contribution in [-0.4, -0.2) is 62.3 Å². The van der Waals surface area contributed by atoms with E-state index in [1.165, 1.54) is 6.92 Å². The van der Waals surface area contributed by atoms with Gasteiger partial charge in [-0.15, -0.1) is 0 Å². The van der Waals surface area contributed by atoms with Crippen LogP contribution in [0.5, 0.6) is 0 Å². The Hall–Kier alpha value is -3.50. The molecule has 37 heavy (non-hydrogen) atoms. The number of carbonyl (C=O) groups excluding carboxylic acids is 2. The van der Waals surface area contributed by atoms with Gasteiger partial charge in [-0.05, 0) is 31.4 Å². The van der Waals surface area contributed by atoms with Crippen molar-refractivity contribution in [3.63, 3.8) is 0 Å². The Morgan fingerprint density at radius 2 is 2.05 bits per heavy atom. The van der Waals surface area contributed by atoms with Crippen LogP contribution >= 0.6 is 11.6 Å². The van der Waals surface area contributed by atoms with Crippen molar-refractivity contribution in [3.05, 3.63) is 58.0 Å². The van der Waals surface area contributed by atoms with Gasteiger partial charge in [0.05, 0.1) is 29.2 Å². The molecule has 1 aromatic carbocycles. The Balaban J connectivity index is 1.37. The highest BCUT2D eigenvalue weighted by molar-refractivity contribution is 6.33. The molecule has 1 saturated heterocycles. The van der Waals surface area contributed by atoms with Crippen LogP contribution in [0.15, 0.2) is 30.6 Å². The first-order valence-corrected chi connectivity index (χ1v) is 12.7. The third kappa shape index (κ3) is 5.30. The van der Waals surface area contributed by atoms with Crippen molar-refractivity contribution in [1.82, 2.24) is 30.0 Å². The Kier molecular flexibility index (Phi) is 7.12. The topological polar surface area (TPSA) is 114 Å². The third-order valence-corrected chi connectivity index (χ3v) is 7.27. The van der Waals surface area contributed by atoms with Crippen LogP contribution < -0.4 is 10.6 Å². The first-order valence-electron chi connectivity index (χ1n) is 12.3. The van der Waals surface area contributed by atoms with Gasteiger partial charge in [0, 0.05) is 68.7 Å². The van der Waals surface area contributed by atoms with Crippen LogP contribution in [0.25, 0.3) is 11.3 Å². The monoisotopic (exact) mass is 523 g/mol. The normalized spacial score (nSPS) is 16.5. The fourth-order valence-corrected chi connectivity index (χ4v) is 5.06. The van der Waals surface area contributed by atoms with Crippen LogP contribution in [-0.2, 0) is 23.1 Å². The summed E-state index contributed by atoms with van der Waals surface area (Å²) in [7, 11) is 1.85. The minimum atomic E-state index is -0.362. The van der Waals surface area contributed by atoms with Crippen molar-refractivity contribution >= 4 is 29.4 Å². The molecule has 0 saturated carbocycles. The highest BCUT2D eigenvalue weighted by atomic mass is 35.5. The van der Waals surface area contributed by atoms with Crippen LogP contribution in [0.4, 0.5) is 5.95 Å². The average Bonchev–Trinajstić information content (AvgIpc) is 3.38. The van der Waals surface area contributed by atoms with Crippen LogP contribution in [0.1, 0.15) is 53.0 Å². The number of aryl methyl sites for hydroxylation is 1. The quantitative estimate of drug-likeness (QED) is 0.488. The summed E-state index contributed by atoms with van der Waals surface area (Å²) in [6.45, 7) is 5.64. The first-order chi connectivity index (χ1) is 17.8. The molecule has 2 N–H and O–H groups in total. The van der Waals surface area contributed by atoms with E-state index >= 15 is 0 Å². The number of aromatic nitrogens is 4. The summed E-state index contributed by atoms with van der Waals surface area (Å²) in [4.78, 5) is 36.1. The zero-order valence-corrected chi connectivity index (χ0v) is 21.9. The van der Waals surface area contributed by atoms with Crippen molar-refractivity contribution in [1.29, 1.82) is 0 Å². The maximum absolute atomic E-state index is 13.4. The highest BCUT2D eigenvalue weighted by Crippen LogP contribution is 2.32. The summed E-state index contributed by atoms with van der Waals surface area (Å²) in [6.07, 6.45) is 5.11. The van der Waals surface area contributed by atoms with Gasteiger partial charge in [0.25, 0.3) is 5.91 Å². The number of benzene rings is 1. The lowest BCUT2D eigenvalue weighted by molar-refractivity contribution is -0.119. The van der Waals surface area contributed by atoms with Crippen molar-refractivity contribution in [2.75, 3.05) is 25.1 Å². The second kappa shape index (κ2) is 10.5. The molecule has 194 valence electrons. The van der Waals surface area contributed by atoms with Crippen LogP contribution in [0, 0.1) is 6.92 Å². The predicted octanol–water partition coefficient (Wildman–Crippen LogP) is 3.26. The molecule has 5 rings (SSSR count). The second-order valence-electron chi connectivity index (χ2n) is 9.54. The molecule has 2 aliphatic rings. The molecular weight excluding hydrogens is 494 g/mol. The molecular formula is C26H30ClN7O3. The molecule has 0 radical (unpaired) electrons. The second-order valence-corrected chi connectivity index (χ2v) is 9.95. The van der Waals surface area contributed by atoms with E-state index in [0.29, 0.717) is 48.5 Å². The van der Waals surface area contributed by atoms with Crippen LogP contribution in [0.3, 0.4) is 0 Å². The lowest BCUT2D eigenvalue weighted by Gasteiger charge is -2.24. The Labute approximate surface area is 220 Å². The molecule has 10 nitrogen and oxygen atoms in total. The molecule has 2 aliphatic heterocycles. The fourth-order valence-electron chi connectivity index (χ4n) is 4.86. The lowest BCUT2D eigenvalue weighted by Crippen LogP contribution is -2.37. The number of carbonyl (C=O) groups is 2. The Morgan fingerprint density at radius 1 is 1.27 bits per heavy atom. The number of fused-ring (bicyclic) bond motifs is 1. The molecule has 11 heteroatoms. The number of nitrogens with one attached hydrogen (secondary N) is 2. The molecule has 0 bridgehead atoms. The average molecular weight is 524 g/mol. The van der Waals surface area contributed by atoms with Crippen molar-refractivity contribution in [2.24, 2.45) is 7.05 Å². The van der Waals surface area contributed by atoms with Gasteiger partial charge in [0.15, 0.2) is 0 Å². The molecule has 1 fully saturated rings. The van der Waals surface area contributed by atoms with E-state index < -0.39 is 0 Å². The molecule has 4 heterocycles. The van der Waals surface area contributed by atoms with E-state index in [9.17, 15) is 9.59 Å². The minimum absolute atomic E-state index is 0.0977. The molecule has 2 aromatic heterocycles. The maximum Gasteiger partial charge on any atom is 0.254 e. The van der Waals surface area contributed by atoms with Gasteiger partial charge in [0.2, 0.25) is 11.9 Å². The van der Waals surface area contributed by atoms with Gasteiger partial charge >= 0.3 is 0 Å². The van der Waals surface area contributed by atoms with E-state index in [1.807, 2.05) is 32.2 Å². The maximum atomic E-state index is 13.4. The fraction of sp³-hybridized carbons (Fsp3) is 0.423. The molecule has 1 unspecified atom stereocenters. The van der Waals surface area contributed by atoms with E-state index in [0.717, 1.165) is 35.2 Å². The number of anilines is 1. The predicted molar refractivity (Wildman–Crippen MR) is 139 cm³/mol. The zero-order valence-electron chi connectivity index (χ0n) is 21.1. The summed E-state index contributed by atoms with van der Waals surface area (Å²) in [5.74, 6) is 0.243. The summed E-state index contributed by atoms with van der Waals surface area (Å²) in [6, 6.07) is 5.60. The Bertz CT molecular complexity index is 1340. The number of nitrogens with zero attached hydrogens (tertiary/aromatic N) is 5. The van der Waals surface area contributed by atoms with E-state index in [-0.39, 0.29) is 23.9 Å². The largest absolute Gasteiger partial charge is 0.381 e. The van der Waals surface area contributed by atoms with Gasteiger partial charge in [-0.2, -0.15) is 5.10 Å². The summed E-state index contributed by atoms with van der Waals surface area (Å²) in [5, 5.41) is 11.1. The third-order valence-electron chi connectivity index (χ3n) is 6.99. The minimum Gasteiger partial charge on any atom is -0.381 e. The van der Waals surface area contributed by atoms with E-state index in [2.05, 4.69) is 25.7 Å². The number of amides is 2. The summed E-state index contributed by atoms with van der Waals surface area (Å²) >= 11 is 6.48. The number of halogens is 1. The van der Waals surface area contributed by atoms with Crippen molar-refractivity contribution in [3.8, 4) is 11.3 Å². The SMILES string of the molecule is CC(=O)NC(CN1Cc2ccc(-c3nc(NC4CCOCC4)ncc3Cl)cc2C1=O)c1cnn(C)c1C. The molecule has 1 atom stereocenters. The first kappa shape index (κ1) is 25.2. The van der Waals surface area contributed by atoms with Crippen molar-refractivity contribution in [2.45, 2.75) is 45.3 Å². The lowest BCUT2D eigenvalue weighted by atomic mass is 10.0. The molecule has 0 spiro atoms. The smallest absolute Gasteiger partial charge is 0.254 e. The van der Waals surface area contributed by atoms with E-state index in [4.69, 9.17) is 16.3 Å². The van der Waals surface area contributed by atoms with Gasteiger partial charge in [0.1, 0.15) is 0 Å². The van der Waals surface area contributed by atoms with Gasteiger partial charge < -0.3 is 20.3 Å². The van der Waals surface area contributed by atoms with Gasteiger partial charge in [-0.1, -0.05) is 23.7 Å². The van der Waals surface area contributed by atoms with Gasteiger partial charge in [-0.25, -0.2) is 9.97 Å². The molecule has 3 aromatic rings.